The summed E-state index contributed by atoms with van der Waals surface area (Å²) >= 11 is 6.21. The smallest absolute Gasteiger partial charge is 0.545 e. The molecule has 0 amide bonds. The summed E-state index contributed by atoms with van der Waals surface area (Å²) < 4.78 is 59.4. The van der Waals surface area contributed by atoms with Crippen LogP contribution in [0.2, 0.25) is 5.02 Å². The second-order valence-corrected chi connectivity index (χ2v) is 8.17. The van der Waals surface area contributed by atoms with Crippen molar-refractivity contribution >= 4 is 28.7 Å². The molecule has 4 rings (SSSR count). The molecule has 10 heteroatoms. The van der Waals surface area contributed by atoms with Gasteiger partial charge in [0.2, 0.25) is 0 Å². The number of carbonyl (C=O) groups excluding carboxylic acids is 1. The summed E-state index contributed by atoms with van der Waals surface area (Å²) in [5, 5.41) is 11.8. The van der Waals surface area contributed by atoms with Crippen LogP contribution in [0.1, 0.15) is 52.0 Å². The van der Waals surface area contributed by atoms with Crippen molar-refractivity contribution in [3.8, 4) is 5.75 Å². The van der Waals surface area contributed by atoms with Gasteiger partial charge in [-0.25, -0.2) is 4.39 Å². The molecule has 176 valence electrons. The first-order chi connectivity index (χ1) is 16.1. The summed E-state index contributed by atoms with van der Waals surface area (Å²) in [5.74, 6) is -1.95. The van der Waals surface area contributed by atoms with E-state index in [1.807, 2.05) is 0 Å². The first kappa shape index (κ1) is 27.2. The van der Waals surface area contributed by atoms with E-state index in [0.717, 1.165) is 17.8 Å². The van der Waals surface area contributed by atoms with Crippen molar-refractivity contribution in [3.63, 3.8) is 0 Å². The van der Waals surface area contributed by atoms with Gasteiger partial charge in [-0.3, -0.25) is 4.98 Å². The Labute approximate surface area is 225 Å². The molecule has 1 aliphatic carbocycles. The van der Waals surface area contributed by atoms with E-state index >= 15 is 0 Å². The third-order valence-electron chi connectivity index (χ3n) is 5.55. The van der Waals surface area contributed by atoms with Crippen molar-refractivity contribution in [1.82, 2.24) is 4.98 Å². The van der Waals surface area contributed by atoms with Gasteiger partial charge in [0.05, 0.1) is 5.97 Å². The Morgan fingerprint density at radius 2 is 1.80 bits per heavy atom. The number of aromatic carboxylic acids is 1. The van der Waals surface area contributed by atoms with Crippen LogP contribution in [0.3, 0.4) is 0 Å². The summed E-state index contributed by atoms with van der Waals surface area (Å²) in [6.45, 7) is -0.0411. The molecule has 2 aromatic carbocycles. The molecule has 1 aromatic heterocycles. The Kier molecular flexibility index (Phi) is 8.64. The molecule has 0 unspecified atom stereocenters. The molecule has 4 nitrogen and oxygen atoms in total. The van der Waals surface area contributed by atoms with Gasteiger partial charge in [-0.1, -0.05) is 29.8 Å². The molecule has 0 spiro atoms. The van der Waals surface area contributed by atoms with E-state index in [1.54, 1.807) is 36.4 Å². The van der Waals surface area contributed by atoms with Gasteiger partial charge in [-0.2, -0.15) is 13.2 Å². The molecule has 0 saturated carbocycles. The zero-order chi connectivity index (χ0) is 24.5. The Morgan fingerprint density at radius 3 is 2.49 bits per heavy atom. The van der Waals surface area contributed by atoms with E-state index in [1.165, 1.54) is 6.07 Å². The minimum Gasteiger partial charge on any atom is -0.545 e. The third kappa shape index (κ3) is 6.06. The summed E-state index contributed by atoms with van der Waals surface area (Å²) in [5.41, 5.74) is 0.0677. The molecule has 0 atom stereocenters. The van der Waals surface area contributed by atoms with Crippen LogP contribution in [0.25, 0.3) is 11.1 Å². The van der Waals surface area contributed by atoms with Crippen molar-refractivity contribution in [3.05, 3.63) is 93.5 Å². The number of halogens is 5. The maximum Gasteiger partial charge on any atom is 1.00 e. The van der Waals surface area contributed by atoms with E-state index in [4.69, 9.17) is 16.3 Å². The molecule has 0 N–H and O–H groups in total. The van der Waals surface area contributed by atoms with Crippen LogP contribution in [0.5, 0.6) is 5.75 Å². The number of aromatic nitrogens is 1. The van der Waals surface area contributed by atoms with Crippen LogP contribution in [0.15, 0.2) is 54.7 Å². The Morgan fingerprint density at radius 1 is 1.09 bits per heavy atom. The second-order valence-electron chi connectivity index (χ2n) is 7.74. The molecule has 1 heterocycles. The number of carboxylic acid groups (broad SMARTS) is 1. The summed E-state index contributed by atoms with van der Waals surface area (Å²) in [6.07, 6.45) is -2.17. The van der Waals surface area contributed by atoms with E-state index in [2.05, 4.69) is 4.98 Å². The fourth-order valence-electron chi connectivity index (χ4n) is 4.01. The normalized spacial score (nSPS) is 13.5. The predicted molar refractivity (Wildman–Crippen MR) is 116 cm³/mol. The number of carbonyl (C=O) groups is 1. The molecular formula is C25H17ClF4NNaO3. The third-order valence-corrected chi connectivity index (χ3v) is 5.79. The van der Waals surface area contributed by atoms with Crippen molar-refractivity contribution in [2.75, 3.05) is 0 Å². The van der Waals surface area contributed by atoms with Gasteiger partial charge in [0.1, 0.15) is 18.2 Å². The standard InChI is InChI=1S/C25H18ClF4NO3.Na/c26-16-8-9-22(34-13-14-4-1-2-7-21(14)27)19(11-16)18-6-3-5-17(18)15-10-20(24(32)33)23(31-12-15)25(28,29)30;/h1-2,4,7-12H,3,5-6,13H2,(H,32,33);/q;+1/p-1. The summed E-state index contributed by atoms with van der Waals surface area (Å²) in [7, 11) is 0. The second kappa shape index (κ2) is 11.1. The fraction of sp³-hybridized carbons (Fsp3) is 0.200. The van der Waals surface area contributed by atoms with Crippen LogP contribution in [0.4, 0.5) is 17.6 Å². The molecule has 35 heavy (non-hydrogen) atoms. The molecule has 0 aliphatic heterocycles. The molecule has 1 aliphatic rings. The van der Waals surface area contributed by atoms with Crippen molar-refractivity contribution in [1.29, 1.82) is 0 Å². The largest absolute Gasteiger partial charge is 1.00 e. The number of alkyl halides is 3. The van der Waals surface area contributed by atoms with Crippen LogP contribution in [-0.2, 0) is 12.8 Å². The molecule has 3 aromatic rings. The minimum atomic E-state index is -4.93. The average molecular weight is 514 g/mol. The number of rotatable bonds is 6. The molecular weight excluding hydrogens is 497 g/mol. The quantitative estimate of drug-likeness (QED) is 0.376. The van der Waals surface area contributed by atoms with Gasteiger partial charge in [-0.15, -0.1) is 0 Å². The van der Waals surface area contributed by atoms with Crippen LogP contribution < -0.4 is 39.4 Å². The van der Waals surface area contributed by atoms with Gasteiger partial charge in [0, 0.05) is 27.9 Å². The van der Waals surface area contributed by atoms with Gasteiger partial charge in [-0.05, 0) is 66.3 Å². The minimum absolute atomic E-state index is 0. The van der Waals surface area contributed by atoms with Crippen LogP contribution in [-0.4, -0.2) is 11.0 Å². The number of pyridine rings is 1. The van der Waals surface area contributed by atoms with Gasteiger partial charge in [0.25, 0.3) is 0 Å². The topological polar surface area (TPSA) is 62.2 Å². The van der Waals surface area contributed by atoms with Gasteiger partial charge < -0.3 is 14.6 Å². The van der Waals surface area contributed by atoms with Crippen LogP contribution >= 0.6 is 11.6 Å². The first-order valence-corrected chi connectivity index (χ1v) is 10.7. The van der Waals surface area contributed by atoms with Crippen molar-refractivity contribution in [2.24, 2.45) is 0 Å². The zero-order valence-corrected chi connectivity index (χ0v) is 21.3. The van der Waals surface area contributed by atoms with E-state index < -0.39 is 29.2 Å². The number of nitrogens with zero attached hydrogens (tertiary/aromatic N) is 1. The van der Waals surface area contributed by atoms with E-state index in [-0.39, 0.29) is 41.7 Å². The zero-order valence-electron chi connectivity index (χ0n) is 18.6. The average Bonchev–Trinajstić information content (AvgIpc) is 3.28. The fourth-order valence-corrected chi connectivity index (χ4v) is 4.18. The van der Waals surface area contributed by atoms with E-state index in [0.29, 0.717) is 46.7 Å². The first-order valence-electron chi connectivity index (χ1n) is 10.3. The molecule has 0 radical (unpaired) electrons. The number of benzene rings is 2. The molecule has 0 bridgehead atoms. The summed E-state index contributed by atoms with van der Waals surface area (Å²) in [6, 6.07) is 12.0. The number of hydrogen-bond donors (Lipinski definition) is 0. The number of hydrogen-bond acceptors (Lipinski definition) is 4. The molecule has 0 saturated heterocycles. The Hall–Kier alpha value is -2.39. The van der Waals surface area contributed by atoms with Gasteiger partial charge >= 0.3 is 35.7 Å². The predicted octanol–water partition coefficient (Wildman–Crippen LogP) is 2.93. The van der Waals surface area contributed by atoms with E-state index in [9.17, 15) is 27.5 Å². The van der Waals surface area contributed by atoms with Gasteiger partial charge in [0.15, 0.2) is 5.69 Å². The summed E-state index contributed by atoms with van der Waals surface area (Å²) in [4.78, 5) is 14.8. The monoisotopic (exact) mass is 513 g/mol. The van der Waals surface area contributed by atoms with Crippen LogP contribution in [0, 0.1) is 5.82 Å². The van der Waals surface area contributed by atoms with Crippen molar-refractivity contribution in [2.45, 2.75) is 32.0 Å². The SMILES string of the molecule is O=C([O-])c1cc(C2=C(c3cc(Cl)ccc3OCc3ccccc3F)CCC2)cnc1C(F)(F)F.[Na+]. The Bertz CT molecular complexity index is 1290. The number of ether oxygens (including phenoxy) is 1. The number of carboxylic acids is 1. The number of allylic oxidation sites excluding steroid dienone is 2. The Balaban J connectivity index is 0.00000342. The maximum atomic E-state index is 14.0. The molecule has 0 fully saturated rings. The van der Waals surface area contributed by atoms with Crippen molar-refractivity contribution < 1.29 is 61.8 Å². The maximum absolute atomic E-state index is 14.0.